The Balaban J connectivity index is 2.03. The van der Waals surface area contributed by atoms with Crippen molar-refractivity contribution < 1.29 is 13.2 Å². The number of ether oxygens (including phenoxy) is 1. The van der Waals surface area contributed by atoms with Crippen LogP contribution in [0.3, 0.4) is 0 Å². The molecule has 1 rings (SSSR count). The molecule has 5 nitrogen and oxygen atoms in total. The number of nitrogens with zero attached hydrogens (tertiary/aromatic N) is 1. The van der Waals surface area contributed by atoms with E-state index in [9.17, 15) is 8.42 Å². The quantitative estimate of drug-likeness (QED) is 0.622. The van der Waals surface area contributed by atoms with Gasteiger partial charge in [-0.1, -0.05) is 0 Å². The van der Waals surface area contributed by atoms with Crippen molar-refractivity contribution in [3.05, 3.63) is 0 Å². The van der Waals surface area contributed by atoms with Crippen molar-refractivity contribution in [1.29, 1.82) is 0 Å². The summed E-state index contributed by atoms with van der Waals surface area (Å²) in [6, 6.07) is 0. The molecule has 1 N–H and O–H groups in total. The monoisotopic (exact) mass is 222 g/mol. The lowest BCUT2D eigenvalue weighted by Crippen LogP contribution is -2.38. The Morgan fingerprint density at radius 3 is 2.57 bits per heavy atom. The van der Waals surface area contributed by atoms with Gasteiger partial charge in [0.1, 0.15) is 0 Å². The van der Waals surface area contributed by atoms with Crippen LogP contribution in [0.2, 0.25) is 0 Å². The van der Waals surface area contributed by atoms with Crippen LogP contribution in [0.4, 0.5) is 0 Å². The summed E-state index contributed by atoms with van der Waals surface area (Å²) in [4.78, 5) is 2.29. The van der Waals surface area contributed by atoms with Gasteiger partial charge in [-0.05, 0) is 13.0 Å². The van der Waals surface area contributed by atoms with Gasteiger partial charge in [0.2, 0.25) is 10.0 Å². The Morgan fingerprint density at radius 2 is 2.00 bits per heavy atom. The van der Waals surface area contributed by atoms with Gasteiger partial charge in [-0.3, -0.25) is 4.90 Å². The van der Waals surface area contributed by atoms with Crippen LogP contribution in [0.25, 0.3) is 0 Å². The minimum atomic E-state index is -3.02. The molecule has 0 saturated carbocycles. The molecule has 0 spiro atoms. The van der Waals surface area contributed by atoms with Gasteiger partial charge in [-0.2, -0.15) is 0 Å². The van der Waals surface area contributed by atoms with E-state index in [-0.39, 0.29) is 0 Å². The highest BCUT2D eigenvalue weighted by atomic mass is 32.2. The SMILES string of the molecule is CS(=O)(=O)NCCCN1CCOCC1. The molecule has 0 amide bonds. The molecule has 0 bridgehead atoms. The van der Waals surface area contributed by atoms with Gasteiger partial charge in [0, 0.05) is 19.6 Å². The third-order valence-corrected chi connectivity index (χ3v) is 2.85. The Labute approximate surface area is 85.5 Å². The largest absolute Gasteiger partial charge is 0.379 e. The van der Waals surface area contributed by atoms with Crippen molar-refractivity contribution in [1.82, 2.24) is 9.62 Å². The Hall–Kier alpha value is -0.170. The summed E-state index contributed by atoms with van der Waals surface area (Å²) in [6.07, 6.45) is 2.04. The molecule has 84 valence electrons. The van der Waals surface area contributed by atoms with Gasteiger partial charge in [0.15, 0.2) is 0 Å². The molecule has 1 saturated heterocycles. The van der Waals surface area contributed by atoms with Crippen molar-refractivity contribution in [3.63, 3.8) is 0 Å². The van der Waals surface area contributed by atoms with Gasteiger partial charge >= 0.3 is 0 Å². The second-order valence-corrected chi connectivity index (χ2v) is 5.31. The summed E-state index contributed by atoms with van der Waals surface area (Å²) in [6.45, 7) is 4.96. The molecule has 1 heterocycles. The normalized spacial score (nSPS) is 19.8. The standard InChI is InChI=1S/C8H18N2O3S/c1-14(11,12)9-3-2-4-10-5-7-13-8-6-10/h9H,2-8H2,1H3. The van der Waals surface area contributed by atoms with Crippen LogP contribution in [0.15, 0.2) is 0 Å². The summed E-state index contributed by atoms with van der Waals surface area (Å²) in [7, 11) is -3.02. The molecule has 0 unspecified atom stereocenters. The van der Waals surface area contributed by atoms with E-state index in [1.807, 2.05) is 0 Å². The zero-order chi connectivity index (χ0) is 10.4. The first kappa shape index (κ1) is 11.9. The average molecular weight is 222 g/mol. The molecule has 1 fully saturated rings. The fraction of sp³-hybridized carbons (Fsp3) is 1.00. The maximum atomic E-state index is 10.7. The second-order valence-electron chi connectivity index (χ2n) is 3.47. The van der Waals surface area contributed by atoms with Crippen molar-refractivity contribution in [2.75, 3.05) is 45.6 Å². The molecule has 1 aliphatic rings. The average Bonchev–Trinajstić information content (AvgIpc) is 2.13. The van der Waals surface area contributed by atoms with Crippen LogP contribution in [0.5, 0.6) is 0 Å². The van der Waals surface area contributed by atoms with Crippen LogP contribution in [0.1, 0.15) is 6.42 Å². The number of rotatable bonds is 5. The molecule has 0 aromatic heterocycles. The predicted octanol–water partition coefficient (Wildman–Crippen LogP) is -0.742. The van der Waals surface area contributed by atoms with Gasteiger partial charge in [0.05, 0.1) is 19.5 Å². The topological polar surface area (TPSA) is 58.6 Å². The van der Waals surface area contributed by atoms with Crippen molar-refractivity contribution in [2.45, 2.75) is 6.42 Å². The van der Waals surface area contributed by atoms with Crippen molar-refractivity contribution >= 4 is 10.0 Å². The third kappa shape index (κ3) is 5.54. The van der Waals surface area contributed by atoms with Gasteiger partial charge in [0.25, 0.3) is 0 Å². The fourth-order valence-electron chi connectivity index (χ4n) is 1.38. The van der Waals surface area contributed by atoms with Crippen LogP contribution in [-0.4, -0.2) is 59.0 Å². The first-order valence-electron chi connectivity index (χ1n) is 4.83. The Kier molecular flexibility index (Phi) is 4.80. The number of morpholine rings is 1. The minimum Gasteiger partial charge on any atom is -0.379 e. The zero-order valence-electron chi connectivity index (χ0n) is 8.53. The van der Waals surface area contributed by atoms with Gasteiger partial charge in [-0.15, -0.1) is 0 Å². The van der Waals surface area contributed by atoms with E-state index in [0.717, 1.165) is 39.3 Å². The van der Waals surface area contributed by atoms with E-state index < -0.39 is 10.0 Å². The lowest BCUT2D eigenvalue weighted by Gasteiger charge is -2.26. The molecule has 0 radical (unpaired) electrons. The molecule has 0 aliphatic carbocycles. The Bertz CT molecular complexity index is 247. The molecular formula is C8H18N2O3S. The van der Waals surface area contributed by atoms with E-state index in [0.29, 0.717) is 6.54 Å². The molecular weight excluding hydrogens is 204 g/mol. The smallest absolute Gasteiger partial charge is 0.208 e. The summed E-state index contributed by atoms with van der Waals surface area (Å²) in [5, 5.41) is 0. The maximum absolute atomic E-state index is 10.7. The predicted molar refractivity (Wildman–Crippen MR) is 54.7 cm³/mol. The number of hydrogen-bond acceptors (Lipinski definition) is 4. The molecule has 0 aromatic rings. The Morgan fingerprint density at radius 1 is 1.36 bits per heavy atom. The molecule has 0 atom stereocenters. The summed E-state index contributed by atoms with van der Waals surface area (Å²) >= 11 is 0. The lowest BCUT2D eigenvalue weighted by molar-refractivity contribution is 0.0376. The highest BCUT2D eigenvalue weighted by molar-refractivity contribution is 7.88. The third-order valence-electron chi connectivity index (χ3n) is 2.12. The van der Waals surface area contributed by atoms with Gasteiger partial charge in [-0.25, -0.2) is 13.1 Å². The minimum absolute atomic E-state index is 0.524. The number of sulfonamides is 1. The van der Waals surface area contributed by atoms with Crippen LogP contribution < -0.4 is 4.72 Å². The second kappa shape index (κ2) is 5.65. The molecule has 0 aromatic carbocycles. The maximum Gasteiger partial charge on any atom is 0.208 e. The zero-order valence-corrected chi connectivity index (χ0v) is 9.35. The molecule has 6 heteroatoms. The fourth-order valence-corrected chi connectivity index (χ4v) is 1.90. The van der Waals surface area contributed by atoms with E-state index >= 15 is 0 Å². The summed E-state index contributed by atoms with van der Waals surface area (Å²) < 4.78 is 29.2. The van der Waals surface area contributed by atoms with Crippen molar-refractivity contribution in [3.8, 4) is 0 Å². The van der Waals surface area contributed by atoms with Crippen LogP contribution in [-0.2, 0) is 14.8 Å². The summed E-state index contributed by atoms with van der Waals surface area (Å²) in [5.41, 5.74) is 0. The van der Waals surface area contributed by atoms with E-state index in [1.54, 1.807) is 0 Å². The van der Waals surface area contributed by atoms with E-state index in [2.05, 4.69) is 9.62 Å². The van der Waals surface area contributed by atoms with Crippen LogP contribution >= 0.6 is 0 Å². The first-order valence-corrected chi connectivity index (χ1v) is 6.72. The number of nitrogens with one attached hydrogen (secondary N) is 1. The highest BCUT2D eigenvalue weighted by Gasteiger charge is 2.09. The first-order chi connectivity index (χ1) is 6.58. The molecule has 1 aliphatic heterocycles. The van der Waals surface area contributed by atoms with Crippen LogP contribution in [0, 0.1) is 0 Å². The highest BCUT2D eigenvalue weighted by Crippen LogP contribution is 1.97. The molecule has 14 heavy (non-hydrogen) atoms. The van der Waals surface area contributed by atoms with E-state index in [4.69, 9.17) is 4.74 Å². The summed E-state index contributed by atoms with van der Waals surface area (Å²) in [5.74, 6) is 0. The number of hydrogen-bond donors (Lipinski definition) is 1. The lowest BCUT2D eigenvalue weighted by atomic mass is 10.3. The van der Waals surface area contributed by atoms with Crippen molar-refractivity contribution in [2.24, 2.45) is 0 Å². The van der Waals surface area contributed by atoms with Gasteiger partial charge < -0.3 is 4.74 Å². The van der Waals surface area contributed by atoms with E-state index in [1.165, 1.54) is 6.26 Å².